The van der Waals surface area contributed by atoms with Gasteiger partial charge in [0, 0.05) is 17.7 Å². The molecule has 2 aromatic heterocycles. The lowest BCUT2D eigenvalue weighted by atomic mass is 10.2. The lowest BCUT2D eigenvalue weighted by molar-refractivity contribution is 0.203. The highest BCUT2D eigenvalue weighted by Gasteiger charge is 2.36. The van der Waals surface area contributed by atoms with Crippen molar-refractivity contribution < 1.29 is 9.16 Å². The fourth-order valence-electron chi connectivity index (χ4n) is 2.11. The van der Waals surface area contributed by atoms with Crippen molar-refractivity contribution >= 4 is 35.8 Å². The summed E-state index contributed by atoms with van der Waals surface area (Å²) in [6, 6.07) is 5.33. The van der Waals surface area contributed by atoms with Crippen molar-refractivity contribution in [3.8, 4) is 5.75 Å². The third kappa shape index (κ3) is 5.92. The Bertz CT molecular complexity index is 830. The molecule has 27 heavy (non-hydrogen) atoms. The monoisotopic (exact) mass is 453 g/mol. The molecule has 8 heteroatoms. The highest BCUT2D eigenvalue weighted by atomic mass is 79.9. The molecule has 0 aliphatic heterocycles. The van der Waals surface area contributed by atoms with Gasteiger partial charge in [-0.05, 0) is 52.3 Å². The Kier molecular flexibility index (Phi) is 6.88. The Morgan fingerprint density at radius 3 is 2.56 bits per heavy atom. The molecule has 0 aromatic carbocycles. The van der Waals surface area contributed by atoms with Gasteiger partial charge in [0.05, 0.1) is 12.8 Å². The topological polar surface area (TPSA) is 65.4 Å². The summed E-state index contributed by atoms with van der Waals surface area (Å²) in [5.41, 5.74) is 0.332. The van der Waals surface area contributed by atoms with Crippen LogP contribution in [0.1, 0.15) is 20.8 Å². The van der Waals surface area contributed by atoms with Gasteiger partial charge in [-0.15, -0.1) is 0 Å². The molecule has 0 fully saturated rings. The zero-order chi connectivity index (χ0) is 20.2. The second-order valence-corrected chi connectivity index (χ2v) is 13.7. The van der Waals surface area contributed by atoms with Crippen molar-refractivity contribution in [2.24, 2.45) is 7.05 Å². The maximum Gasteiger partial charge on any atom is 0.274 e. The molecule has 1 N–H and O–H groups in total. The van der Waals surface area contributed by atoms with Crippen LogP contribution in [-0.4, -0.2) is 31.1 Å². The fraction of sp³-hybridized carbons (Fsp3) is 0.474. The van der Waals surface area contributed by atoms with Crippen LogP contribution in [0.4, 0.5) is 11.5 Å². The summed E-state index contributed by atoms with van der Waals surface area (Å²) in [6.07, 6.45) is 3.35. The van der Waals surface area contributed by atoms with E-state index < -0.39 is 8.32 Å². The summed E-state index contributed by atoms with van der Waals surface area (Å²) < 4.78 is 14.1. The van der Waals surface area contributed by atoms with Gasteiger partial charge in [-0.2, -0.15) is 0 Å². The predicted octanol–water partition coefficient (Wildman–Crippen LogP) is 4.69. The first-order valence-corrected chi connectivity index (χ1v) is 12.6. The Hall–Kier alpha value is -1.64. The number of aryl methyl sites for hydroxylation is 1. The second kappa shape index (κ2) is 8.58. The van der Waals surface area contributed by atoms with Gasteiger partial charge < -0.3 is 19.0 Å². The summed E-state index contributed by atoms with van der Waals surface area (Å²) >= 11 is 3.38. The average Bonchev–Trinajstić information content (AvgIpc) is 2.56. The summed E-state index contributed by atoms with van der Waals surface area (Å²) in [5.74, 6) is 1.25. The largest absolute Gasteiger partial charge is 0.490 e. The summed E-state index contributed by atoms with van der Waals surface area (Å²) in [5, 5.41) is 3.22. The molecule has 0 amide bonds. The van der Waals surface area contributed by atoms with E-state index in [-0.39, 0.29) is 10.6 Å². The number of rotatable bonds is 7. The molecule has 0 aliphatic carbocycles. The normalized spacial score (nSPS) is 12.1. The van der Waals surface area contributed by atoms with Gasteiger partial charge >= 0.3 is 0 Å². The second-order valence-electron chi connectivity index (χ2n) is 7.95. The zero-order valence-corrected chi connectivity index (χ0v) is 19.4. The molecular weight excluding hydrogens is 426 g/mol. The van der Waals surface area contributed by atoms with Crippen LogP contribution in [0.25, 0.3) is 0 Å². The van der Waals surface area contributed by atoms with E-state index in [4.69, 9.17) is 9.16 Å². The van der Waals surface area contributed by atoms with Crippen molar-refractivity contribution in [2.75, 3.05) is 18.5 Å². The smallest absolute Gasteiger partial charge is 0.274 e. The van der Waals surface area contributed by atoms with Gasteiger partial charge in [0.15, 0.2) is 8.32 Å². The summed E-state index contributed by atoms with van der Waals surface area (Å²) in [6.45, 7) is 12.1. The van der Waals surface area contributed by atoms with Gasteiger partial charge in [-0.25, -0.2) is 4.98 Å². The molecule has 0 bridgehead atoms. The lowest BCUT2D eigenvalue weighted by Crippen LogP contribution is -2.41. The van der Waals surface area contributed by atoms with Crippen LogP contribution < -0.4 is 15.6 Å². The molecule has 0 radical (unpaired) electrons. The van der Waals surface area contributed by atoms with E-state index in [1.165, 1.54) is 4.57 Å². The highest BCUT2D eigenvalue weighted by molar-refractivity contribution is 9.10. The van der Waals surface area contributed by atoms with Crippen LogP contribution in [0.2, 0.25) is 18.1 Å². The van der Waals surface area contributed by atoms with E-state index >= 15 is 0 Å². The molecule has 0 unspecified atom stereocenters. The average molecular weight is 454 g/mol. The number of ether oxygens (including phenoxy) is 1. The van der Waals surface area contributed by atoms with Crippen LogP contribution in [-0.2, 0) is 11.5 Å². The summed E-state index contributed by atoms with van der Waals surface area (Å²) in [4.78, 5) is 16.4. The van der Waals surface area contributed by atoms with Crippen LogP contribution in [0.5, 0.6) is 5.75 Å². The Morgan fingerprint density at radius 1 is 1.26 bits per heavy atom. The van der Waals surface area contributed by atoms with Gasteiger partial charge in [0.2, 0.25) is 0 Å². The Morgan fingerprint density at radius 2 is 1.96 bits per heavy atom. The number of aromatic nitrogens is 2. The molecule has 148 valence electrons. The van der Waals surface area contributed by atoms with Crippen molar-refractivity contribution in [1.82, 2.24) is 9.55 Å². The van der Waals surface area contributed by atoms with Gasteiger partial charge in [0.25, 0.3) is 5.56 Å². The number of anilines is 2. The number of nitrogens with one attached hydrogen (secondary N) is 1. The number of pyridine rings is 2. The number of hydrogen-bond acceptors (Lipinski definition) is 5. The van der Waals surface area contributed by atoms with Crippen molar-refractivity contribution in [1.29, 1.82) is 0 Å². The third-order valence-corrected chi connectivity index (χ3v) is 9.74. The molecule has 2 rings (SSSR count). The molecule has 6 nitrogen and oxygen atoms in total. The van der Waals surface area contributed by atoms with E-state index in [1.54, 1.807) is 31.6 Å². The molecule has 0 saturated heterocycles. The lowest BCUT2D eigenvalue weighted by Gasteiger charge is -2.36. The molecule has 2 aromatic rings. The highest BCUT2D eigenvalue weighted by Crippen LogP contribution is 2.36. The molecule has 0 spiro atoms. The molecule has 0 saturated carbocycles. The number of halogens is 1. The maximum atomic E-state index is 12.1. The maximum absolute atomic E-state index is 12.1. The zero-order valence-electron chi connectivity index (χ0n) is 16.8. The van der Waals surface area contributed by atoms with E-state index in [0.717, 1.165) is 4.47 Å². The van der Waals surface area contributed by atoms with Gasteiger partial charge in [-0.3, -0.25) is 4.79 Å². The standard InChI is InChI=1S/C19H28BrN3O3Si/c1-19(2,3)27(5,6)26-10-9-25-15-7-8-17(21-12-15)22-16-11-14(20)13-23(4)18(16)24/h7-8,11-13H,9-10H2,1-6H3,(H,21,22). The molecule has 2 heterocycles. The minimum atomic E-state index is -1.75. The van der Waals surface area contributed by atoms with E-state index in [2.05, 4.69) is 60.1 Å². The van der Waals surface area contributed by atoms with Crippen molar-refractivity contribution in [3.63, 3.8) is 0 Å². The number of hydrogen-bond donors (Lipinski definition) is 1. The van der Waals surface area contributed by atoms with Crippen LogP contribution >= 0.6 is 15.9 Å². The Balaban J connectivity index is 1.90. The Labute approximate surface area is 170 Å². The van der Waals surface area contributed by atoms with E-state index in [0.29, 0.717) is 30.5 Å². The number of nitrogens with zero attached hydrogens (tertiary/aromatic N) is 2. The third-order valence-electron chi connectivity index (χ3n) is 4.77. The van der Waals surface area contributed by atoms with Crippen molar-refractivity contribution in [3.05, 3.63) is 45.4 Å². The first kappa shape index (κ1) is 21.7. The molecule has 0 atom stereocenters. The van der Waals surface area contributed by atoms with Crippen molar-refractivity contribution in [2.45, 2.75) is 38.9 Å². The summed E-state index contributed by atoms with van der Waals surface area (Å²) in [7, 11) is -0.0482. The molecular formula is C19H28BrN3O3Si. The van der Waals surface area contributed by atoms with Crippen LogP contribution in [0.15, 0.2) is 39.9 Å². The predicted molar refractivity (Wildman–Crippen MR) is 116 cm³/mol. The van der Waals surface area contributed by atoms with Crippen LogP contribution in [0.3, 0.4) is 0 Å². The minimum Gasteiger partial charge on any atom is -0.490 e. The van der Waals surface area contributed by atoms with Crippen LogP contribution in [0, 0.1) is 0 Å². The van der Waals surface area contributed by atoms with Gasteiger partial charge in [-0.1, -0.05) is 20.8 Å². The quantitative estimate of drug-likeness (QED) is 0.486. The van der Waals surface area contributed by atoms with E-state index in [9.17, 15) is 4.79 Å². The SMILES string of the molecule is Cn1cc(Br)cc(Nc2ccc(OCCO[Si](C)(C)C(C)(C)C)cn2)c1=O. The first-order chi connectivity index (χ1) is 12.5. The molecule has 0 aliphatic rings. The van der Waals surface area contributed by atoms with E-state index in [1.807, 2.05) is 6.07 Å². The van der Waals surface area contributed by atoms with Gasteiger partial charge in [0.1, 0.15) is 23.9 Å². The minimum absolute atomic E-state index is 0.122. The fourth-order valence-corrected chi connectivity index (χ4v) is 3.67. The first-order valence-electron chi connectivity index (χ1n) is 8.85.